The quantitative estimate of drug-likeness (QED) is 0.589. The van der Waals surface area contributed by atoms with Crippen molar-refractivity contribution < 1.29 is 14.0 Å². The molecular weight excluding hydrogens is 441 g/mol. The van der Waals surface area contributed by atoms with E-state index in [1.807, 2.05) is 24.3 Å². The van der Waals surface area contributed by atoms with Gasteiger partial charge < -0.3 is 10.2 Å². The van der Waals surface area contributed by atoms with Crippen molar-refractivity contribution in [2.75, 3.05) is 11.4 Å². The first kappa shape index (κ1) is 21.1. The lowest BCUT2D eigenvalue weighted by Gasteiger charge is -2.20. The van der Waals surface area contributed by atoms with Gasteiger partial charge in [-0.05, 0) is 47.9 Å². The van der Waals surface area contributed by atoms with Crippen molar-refractivity contribution in [2.24, 2.45) is 4.99 Å². The molecule has 0 aromatic heterocycles. The van der Waals surface area contributed by atoms with Crippen molar-refractivity contribution >= 4 is 40.9 Å². The highest BCUT2D eigenvalue weighted by Crippen LogP contribution is 2.36. The number of benzene rings is 3. The second-order valence-electron chi connectivity index (χ2n) is 7.81. The summed E-state index contributed by atoms with van der Waals surface area (Å²) in [6, 6.07) is 19.0. The Hall–Kier alpha value is -3.77. The molecule has 0 saturated heterocycles. The Morgan fingerprint density at radius 2 is 1.88 bits per heavy atom. The molecule has 33 heavy (non-hydrogen) atoms. The second-order valence-corrected chi connectivity index (χ2v) is 8.25. The predicted octanol–water partition coefficient (Wildman–Crippen LogP) is 4.37. The maximum absolute atomic E-state index is 14.8. The van der Waals surface area contributed by atoms with Gasteiger partial charge in [-0.2, -0.15) is 0 Å². The lowest BCUT2D eigenvalue weighted by atomic mass is 9.98. The van der Waals surface area contributed by atoms with E-state index >= 15 is 0 Å². The zero-order valence-corrected chi connectivity index (χ0v) is 18.2. The molecular formula is C26H19ClFN3O2. The number of para-hydroxylation sites is 1. The van der Waals surface area contributed by atoms with E-state index in [9.17, 15) is 14.0 Å². The van der Waals surface area contributed by atoms with Crippen molar-refractivity contribution in [3.8, 4) is 0 Å². The molecule has 2 aliphatic rings. The second kappa shape index (κ2) is 8.64. The molecule has 0 spiro atoms. The minimum Gasteiger partial charge on any atom is -0.323 e. The van der Waals surface area contributed by atoms with E-state index in [1.54, 1.807) is 47.4 Å². The van der Waals surface area contributed by atoms with E-state index in [4.69, 9.17) is 11.6 Å². The zero-order valence-electron chi connectivity index (χ0n) is 17.5. The molecule has 5 nitrogen and oxygen atoms in total. The van der Waals surface area contributed by atoms with Crippen LogP contribution in [0.15, 0.2) is 77.8 Å². The van der Waals surface area contributed by atoms with Crippen LogP contribution in [-0.2, 0) is 16.0 Å². The van der Waals surface area contributed by atoms with E-state index in [-0.39, 0.29) is 11.5 Å². The third kappa shape index (κ3) is 4.05. The van der Waals surface area contributed by atoms with Crippen molar-refractivity contribution in [1.82, 2.24) is 5.32 Å². The molecule has 0 aliphatic carbocycles. The SMILES string of the molecule is O=C(/C=C/c1cccc(Cl)c1)NC1N=C(c2ccccc2F)c2cccc3c2N(CC3)C1=O. The van der Waals surface area contributed by atoms with Gasteiger partial charge in [-0.15, -0.1) is 0 Å². The van der Waals surface area contributed by atoms with Crippen LogP contribution < -0.4 is 10.2 Å². The van der Waals surface area contributed by atoms with E-state index in [0.717, 1.165) is 16.8 Å². The molecule has 0 fully saturated rings. The summed E-state index contributed by atoms with van der Waals surface area (Å²) >= 11 is 5.99. The smallest absolute Gasteiger partial charge is 0.272 e. The number of nitrogens with one attached hydrogen (secondary N) is 1. The van der Waals surface area contributed by atoms with Gasteiger partial charge in [0, 0.05) is 28.8 Å². The van der Waals surface area contributed by atoms with Crippen molar-refractivity contribution in [1.29, 1.82) is 0 Å². The van der Waals surface area contributed by atoms with E-state index in [0.29, 0.717) is 29.3 Å². The third-order valence-electron chi connectivity index (χ3n) is 5.69. The Kier molecular flexibility index (Phi) is 5.52. The number of halogens is 2. The summed E-state index contributed by atoms with van der Waals surface area (Å²) in [5, 5.41) is 3.23. The first-order valence-electron chi connectivity index (χ1n) is 10.5. The van der Waals surface area contributed by atoms with Gasteiger partial charge in [0.05, 0.1) is 11.4 Å². The van der Waals surface area contributed by atoms with E-state index < -0.39 is 17.9 Å². The average Bonchev–Trinajstić information content (AvgIpc) is 3.20. The van der Waals surface area contributed by atoms with Gasteiger partial charge in [0.1, 0.15) is 5.82 Å². The summed E-state index contributed by atoms with van der Waals surface area (Å²) in [5.74, 6) is -1.29. The fourth-order valence-corrected chi connectivity index (χ4v) is 4.39. The Morgan fingerprint density at radius 1 is 1.09 bits per heavy atom. The van der Waals surface area contributed by atoms with Gasteiger partial charge in [0.25, 0.3) is 5.91 Å². The Bertz CT molecular complexity index is 1330. The molecule has 3 aromatic carbocycles. The number of aliphatic imine (C=N–C) groups is 1. The molecule has 3 aromatic rings. The van der Waals surface area contributed by atoms with Crippen LogP contribution in [0.4, 0.5) is 10.1 Å². The van der Waals surface area contributed by atoms with Crippen molar-refractivity contribution in [3.63, 3.8) is 0 Å². The van der Waals surface area contributed by atoms with Gasteiger partial charge in [0.15, 0.2) is 0 Å². The number of anilines is 1. The highest BCUT2D eigenvalue weighted by atomic mass is 35.5. The normalized spacial score (nSPS) is 17.0. The van der Waals surface area contributed by atoms with Crippen molar-refractivity contribution in [3.05, 3.63) is 106 Å². The van der Waals surface area contributed by atoms with Gasteiger partial charge >= 0.3 is 0 Å². The fraction of sp³-hybridized carbons (Fsp3) is 0.115. The van der Waals surface area contributed by atoms with Crippen LogP contribution in [-0.4, -0.2) is 30.2 Å². The van der Waals surface area contributed by atoms with Crippen LogP contribution in [0.5, 0.6) is 0 Å². The topological polar surface area (TPSA) is 61.8 Å². The third-order valence-corrected chi connectivity index (χ3v) is 5.93. The number of carbonyl (C=O) groups is 2. The lowest BCUT2D eigenvalue weighted by Crippen LogP contribution is -2.46. The molecule has 0 bridgehead atoms. The van der Waals surface area contributed by atoms with Gasteiger partial charge in [-0.25, -0.2) is 9.38 Å². The minimum absolute atomic E-state index is 0.279. The summed E-state index contributed by atoms with van der Waals surface area (Å²) in [7, 11) is 0. The van der Waals surface area contributed by atoms with Crippen LogP contribution in [0.25, 0.3) is 6.08 Å². The fourth-order valence-electron chi connectivity index (χ4n) is 4.20. The Balaban J connectivity index is 1.53. The summed E-state index contributed by atoms with van der Waals surface area (Å²) in [4.78, 5) is 32.2. The summed E-state index contributed by atoms with van der Waals surface area (Å²) in [6.07, 6.45) is 2.43. The highest BCUT2D eigenvalue weighted by Gasteiger charge is 2.37. The largest absolute Gasteiger partial charge is 0.323 e. The van der Waals surface area contributed by atoms with E-state index in [1.165, 1.54) is 12.1 Å². The standard InChI is InChI=1S/C26H19ClFN3O2/c27-18-7-3-5-16(15-18)11-12-22(32)29-25-26(33)31-14-13-17-6-4-9-20(24(17)31)23(30-25)19-8-1-2-10-21(19)28/h1-12,15,25H,13-14H2,(H,29,32)/b12-11+. The maximum Gasteiger partial charge on any atom is 0.272 e. The Labute approximate surface area is 195 Å². The van der Waals surface area contributed by atoms with Crippen LogP contribution in [0.1, 0.15) is 22.3 Å². The Morgan fingerprint density at radius 3 is 2.70 bits per heavy atom. The monoisotopic (exact) mass is 459 g/mol. The number of nitrogens with zero attached hydrogens (tertiary/aromatic N) is 2. The molecule has 1 unspecified atom stereocenters. The molecule has 7 heteroatoms. The average molecular weight is 460 g/mol. The van der Waals surface area contributed by atoms with Gasteiger partial charge in [-0.3, -0.25) is 9.59 Å². The van der Waals surface area contributed by atoms with Crippen LogP contribution in [0.3, 0.4) is 0 Å². The molecule has 1 N–H and O–H groups in total. The molecule has 2 heterocycles. The van der Waals surface area contributed by atoms with Crippen LogP contribution >= 0.6 is 11.6 Å². The number of carbonyl (C=O) groups excluding carboxylic acids is 2. The van der Waals surface area contributed by atoms with Crippen LogP contribution in [0.2, 0.25) is 5.02 Å². The van der Waals surface area contributed by atoms with Crippen LogP contribution in [0, 0.1) is 5.82 Å². The molecule has 164 valence electrons. The zero-order chi connectivity index (χ0) is 22.9. The predicted molar refractivity (Wildman–Crippen MR) is 127 cm³/mol. The molecule has 0 saturated carbocycles. The maximum atomic E-state index is 14.8. The number of hydrogen-bond donors (Lipinski definition) is 1. The molecule has 2 aliphatic heterocycles. The minimum atomic E-state index is -1.19. The van der Waals surface area contributed by atoms with E-state index in [2.05, 4.69) is 10.3 Å². The molecule has 1 atom stereocenters. The van der Waals surface area contributed by atoms with Gasteiger partial charge in [-0.1, -0.05) is 54.1 Å². The number of rotatable bonds is 4. The first-order valence-corrected chi connectivity index (χ1v) is 10.9. The number of amides is 2. The molecule has 0 radical (unpaired) electrons. The van der Waals surface area contributed by atoms with Gasteiger partial charge in [0.2, 0.25) is 12.1 Å². The first-order chi connectivity index (χ1) is 16.0. The molecule has 5 rings (SSSR count). The van der Waals surface area contributed by atoms with Crippen molar-refractivity contribution in [2.45, 2.75) is 12.6 Å². The summed E-state index contributed by atoms with van der Waals surface area (Å²) < 4.78 is 14.8. The highest BCUT2D eigenvalue weighted by molar-refractivity contribution is 6.30. The number of hydrogen-bond acceptors (Lipinski definition) is 3. The lowest BCUT2D eigenvalue weighted by molar-refractivity contribution is -0.125. The molecule has 2 amide bonds. The summed E-state index contributed by atoms with van der Waals surface area (Å²) in [5.41, 5.74) is 3.77. The summed E-state index contributed by atoms with van der Waals surface area (Å²) in [6.45, 7) is 0.482.